The smallest absolute Gasteiger partial charge is 0.664 e. The number of methoxy groups -OCH3 is 1. The molecule has 3 aromatic rings. The summed E-state index contributed by atoms with van der Waals surface area (Å²) in [5, 5.41) is 6.89. The zero-order valence-corrected chi connectivity index (χ0v) is 34.9. The van der Waals surface area contributed by atoms with Crippen molar-refractivity contribution >= 4 is 64.6 Å². The number of Topliss-reactive ketones (excluding diaryl/α,β-unsaturated/α-hetero) is 1. The number of ketones is 1. The van der Waals surface area contributed by atoms with E-state index in [4.69, 9.17) is 29.7 Å². The number of hydrogen-bond donors (Lipinski definition) is 0. The SMILES string of the molecule is CCCCC/C(C)=C/COC(=O)CC[C@@H]1/C2=C3/c4[n-]c(c(C)c4C(=O)[C@@H]3C(=O)OC)/C=c3\[n-]/c(c(C)c3CC)=C\c3[n-]c(c(C)c3CC)/C=C(\[N-]2)[C@H]1C.[Mg+2]. The maximum absolute atomic E-state index is 14.2. The molecule has 0 aromatic carbocycles. The molecular formula is C44H52MgN4O5-2. The van der Waals surface area contributed by atoms with Gasteiger partial charge in [0.25, 0.3) is 0 Å². The van der Waals surface area contributed by atoms with E-state index in [1.165, 1.54) is 19.1 Å². The predicted octanol–water partition coefficient (Wildman–Crippen LogP) is 6.43. The molecule has 1 aliphatic carbocycles. The number of aromatic nitrogens is 3. The normalized spacial score (nSPS) is 22.4. The molecule has 6 rings (SSSR count). The van der Waals surface area contributed by atoms with Gasteiger partial charge in [-0.2, -0.15) is 11.4 Å². The summed E-state index contributed by atoms with van der Waals surface area (Å²) in [5.74, 6) is -2.94. The van der Waals surface area contributed by atoms with Crippen molar-refractivity contribution in [2.75, 3.05) is 13.7 Å². The van der Waals surface area contributed by atoms with Crippen molar-refractivity contribution in [2.45, 2.75) is 107 Å². The van der Waals surface area contributed by atoms with Crippen LogP contribution in [-0.4, -0.2) is 54.5 Å². The molecule has 0 radical (unpaired) electrons. The van der Waals surface area contributed by atoms with E-state index in [0.29, 0.717) is 40.2 Å². The van der Waals surface area contributed by atoms with Crippen LogP contribution in [0.4, 0.5) is 0 Å². The summed E-state index contributed by atoms with van der Waals surface area (Å²) in [4.78, 5) is 56.1. The minimum absolute atomic E-state index is 0. The first-order valence-corrected chi connectivity index (χ1v) is 19.2. The third kappa shape index (κ3) is 7.61. The van der Waals surface area contributed by atoms with Crippen LogP contribution in [0, 0.1) is 38.5 Å². The molecule has 2 aliphatic heterocycles. The summed E-state index contributed by atoms with van der Waals surface area (Å²) in [6, 6.07) is 0. The van der Waals surface area contributed by atoms with Crippen LogP contribution in [0.3, 0.4) is 0 Å². The molecule has 3 aromatic heterocycles. The van der Waals surface area contributed by atoms with Gasteiger partial charge in [-0.05, 0) is 77.7 Å². The average molecular weight is 741 g/mol. The van der Waals surface area contributed by atoms with Crippen LogP contribution in [0.15, 0.2) is 23.0 Å². The second kappa shape index (κ2) is 17.2. The first-order chi connectivity index (χ1) is 25.4. The monoisotopic (exact) mass is 740 g/mol. The fourth-order valence-corrected chi connectivity index (χ4v) is 8.25. The minimum Gasteiger partial charge on any atom is -0.664 e. The Kier molecular flexibility index (Phi) is 13.1. The maximum atomic E-state index is 14.2. The van der Waals surface area contributed by atoms with E-state index in [2.05, 4.69) is 54.5 Å². The van der Waals surface area contributed by atoms with Crippen LogP contribution in [0.2, 0.25) is 0 Å². The van der Waals surface area contributed by atoms with Crippen molar-refractivity contribution < 1.29 is 23.9 Å². The Labute approximate surface area is 335 Å². The standard InChI is InChI=1S/C44H53N4O5.Mg/c1-10-13-14-15-23(4)18-19-53-37(49)17-16-30-26(7)33-20-31-24(5)28(11-2)35(45-31)21-32-25(6)29(12-3)36(46-32)22-34-27(8)38-42(48-34)39(41(30)47-33)40(43(38)50)44(51)52-9;/h18,20-22,26,30,40H,10-17,19H2,1-9H3,(H-,47,48,50);/q-3;+2/p-1/b23-18+,32-21-,33-20-,36-22-;/t26-,30-,40+;/m0./s1. The second-order valence-corrected chi connectivity index (χ2v) is 14.7. The van der Waals surface area contributed by atoms with Crippen LogP contribution >= 0.6 is 0 Å². The number of carbonyl (C=O) groups is 3. The summed E-state index contributed by atoms with van der Waals surface area (Å²) in [6.45, 7) is 16.9. The number of nitrogens with zero attached hydrogens (tertiary/aromatic N) is 4. The van der Waals surface area contributed by atoms with Crippen LogP contribution < -0.4 is 25.7 Å². The number of allylic oxidation sites excluding steroid dienone is 3. The Balaban J connectivity index is 0.00000561. The van der Waals surface area contributed by atoms with Gasteiger partial charge in [0.15, 0.2) is 5.78 Å². The van der Waals surface area contributed by atoms with Gasteiger partial charge >= 0.3 is 35.0 Å². The molecule has 0 saturated carbocycles. The Morgan fingerprint density at radius 1 is 0.852 bits per heavy atom. The molecule has 9 nitrogen and oxygen atoms in total. The van der Waals surface area contributed by atoms with Gasteiger partial charge in [-0.15, -0.1) is 33.5 Å². The van der Waals surface area contributed by atoms with Crippen LogP contribution in [0.1, 0.15) is 134 Å². The largest absolute Gasteiger partial charge is 2.00 e. The molecule has 0 N–H and O–H groups in total. The van der Waals surface area contributed by atoms with Crippen molar-refractivity contribution in [1.29, 1.82) is 0 Å². The average Bonchev–Trinajstić information content (AvgIpc) is 3.87. The molecule has 1 saturated heterocycles. The molecule has 1 fully saturated rings. The molecule has 5 heterocycles. The van der Waals surface area contributed by atoms with E-state index in [-0.39, 0.29) is 59.7 Å². The fourth-order valence-electron chi connectivity index (χ4n) is 8.25. The molecule has 0 amide bonds. The van der Waals surface area contributed by atoms with E-state index in [1.54, 1.807) is 0 Å². The molecule has 8 bridgehead atoms. The summed E-state index contributed by atoms with van der Waals surface area (Å²) in [6.07, 6.45) is 14.7. The molecule has 3 atom stereocenters. The van der Waals surface area contributed by atoms with E-state index in [0.717, 1.165) is 82.1 Å². The van der Waals surface area contributed by atoms with Crippen LogP contribution in [0.5, 0.6) is 0 Å². The number of carbonyl (C=O) groups excluding carboxylic acids is 3. The fraction of sp³-hybridized carbons (Fsp3) is 0.477. The molecular weight excluding hydrogens is 689 g/mol. The van der Waals surface area contributed by atoms with Crippen molar-refractivity contribution in [1.82, 2.24) is 15.0 Å². The summed E-state index contributed by atoms with van der Waals surface area (Å²) in [5.41, 5.74) is 11.4. The van der Waals surface area contributed by atoms with E-state index in [9.17, 15) is 14.4 Å². The van der Waals surface area contributed by atoms with Gasteiger partial charge in [-0.25, -0.2) is 0 Å². The van der Waals surface area contributed by atoms with Crippen LogP contribution in [-0.2, 0) is 31.9 Å². The van der Waals surface area contributed by atoms with Gasteiger partial charge in [0, 0.05) is 12.0 Å². The zero-order chi connectivity index (χ0) is 38.1. The third-order valence-corrected chi connectivity index (χ3v) is 11.5. The first kappa shape index (κ1) is 41.1. The van der Waals surface area contributed by atoms with Crippen LogP contribution in [0.25, 0.3) is 29.1 Å². The zero-order valence-electron chi connectivity index (χ0n) is 33.4. The maximum Gasteiger partial charge on any atom is 2.00 e. The van der Waals surface area contributed by atoms with Gasteiger partial charge in [-0.1, -0.05) is 97.7 Å². The van der Waals surface area contributed by atoms with Crippen molar-refractivity contribution in [3.63, 3.8) is 0 Å². The Hall–Kier alpha value is -4.02. The molecule has 10 heteroatoms. The topological polar surface area (TPSA) is 126 Å². The summed E-state index contributed by atoms with van der Waals surface area (Å²) in [7, 11) is 1.29. The van der Waals surface area contributed by atoms with Gasteiger partial charge < -0.3 is 29.7 Å². The van der Waals surface area contributed by atoms with E-state index in [1.807, 2.05) is 25.2 Å². The molecule has 0 unspecified atom stereocenters. The molecule has 54 heavy (non-hydrogen) atoms. The van der Waals surface area contributed by atoms with E-state index >= 15 is 0 Å². The second-order valence-electron chi connectivity index (χ2n) is 14.7. The predicted molar refractivity (Wildman–Crippen MR) is 213 cm³/mol. The summed E-state index contributed by atoms with van der Waals surface area (Å²) < 4.78 is 10.9. The van der Waals surface area contributed by atoms with Gasteiger partial charge in [0.1, 0.15) is 12.5 Å². The van der Waals surface area contributed by atoms with Gasteiger partial charge in [0.2, 0.25) is 0 Å². The number of rotatable bonds is 12. The van der Waals surface area contributed by atoms with Crippen molar-refractivity contribution in [3.8, 4) is 0 Å². The van der Waals surface area contributed by atoms with Gasteiger partial charge in [-0.3, -0.25) is 14.4 Å². The third-order valence-electron chi connectivity index (χ3n) is 11.5. The minimum atomic E-state index is -1.20. The van der Waals surface area contributed by atoms with Crippen molar-refractivity contribution in [2.24, 2.45) is 17.8 Å². The van der Waals surface area contributed by atoms with E-state index < -0.39 is 11.9 Å². The number of hydrogen-bond acceptors (Lipinski definition) is 5. The number of esters is 2. The molecule has 3 aliphatic rings. The number of fused-ring (bicyclic) bond motifs is 7. The van der Waals surface area contributed by atoms with Crippen molar-refractivity contribution in [3.05, 3.63) is 95.2 Å². The Bertz CT molecular complexity index is 2170. The Morgan fingerprint density at radius 3 is 2.24 bits per heavy atom. The number of ether oxygens (including phenoxy) is 2. The van der Waals surface area contributed by atoms with Gasteiger partial charge in [0.05, 0.1) is 7.11 Å². The number of unbranched alkanes of at least 4 members (excludes halogenated alkanes) is 2. The quantitative estimate of drug-likeness (QED) is 0.0685. The summed E-state index contributed by atoms with van der Waals surface area (Å²) >= 11 is 0. The molecule has 0 spiro atoms. The molecule has 282 valence electrons. The Morgan fingerprint density at radius 2 is 1.56 bits per heavy atom. The first-order valence-electron chi connectivity index (χ1n) is 19.2.